The van der Waals surface area contributed by atoms with Crippen LogP contribution in [0.3, 0.4) is 0 Å². The highest BCUT2D eigenvalue weighted by Gasteiger charge is 2.28. The first-order valence-electron chi connectivity index (χ1n) is 8.51. The second kappa shape index (κ2) is 8.06. The molecule has 2 aromatic rings. The van der Waals surface area contributed by atoms with Gasteiger partial charge in [-0.05, 0) is 30.0 Å². The number of rotatable bonds is 6. The predicted octanol–water partition coefficient (Wildman–Crippen LogP) is 3.63. The summed E-state index contributed by atoms with van der Waals surface area (Å²) in [5.41, 5.74) is 3.24. The molecule has 0 saturated heterocycles. The van der Waals surface area contributed by atoms with Crippen molar-refractivity contribution in [3.63, 3.8) is 0 Å². The van der Waals surface area contributed by atoms with Gasteiger partial charge < -0.3 is 10.2 Å². The Morgan fingerprint density at radius 1 is 1.16 bits per heavy atom. The lowest BCUT2D eigenvalue weighted by Crippen LogP contribution is -2.42. The van der Waals surface area contributed by atoms with E-state index in [0.717, 1.165) is 28.3 Å². The van der Waals surface area contributed by atoms with Gasteiger partial charge in [-0.15, -0.1) is 23.1 Å². The van der Waals surface area contributed by atoms with Gasteiger partial charge >= 0.3 is 0 Å². The number of anilines is 1. The largest absolute Gasteiger partial charge is 0.350 e. The highest BCUT2D eigenvalue weighted by molar-refractivity contribution is 8.02. The molecule has 0 unspecified atom stereocenters. The number of carbonyl (C=O) groups excluding carboxylic acids is 2. The maximum atomic E-state index is 12.3. The molecule has 0 atom stereocenters. The molecule has 3 rings (SSSR count). The van der Waals surface area contributed by atoms with Crippen LogP contribution in [-0.2, 0) is 29.0 Å². The second-order valence-corrected chi connectivity index (χ2v) is 8.34. The van der Waals surface area contributed by atoms with Crippen LogP contribution in [-0.4, -0.2) is 24.1 Å². The lowest BCUT2D eigenvalue weighted by atomic mass is 10.1. The van der Waals surface area contributed by atoms with Crippen molar-refractivity contribution < 1.29 is 9.59 Å². The van der Waals surface area contributed by atoms with Crippen LogP contribution in [0.1, 0.15) is 29.9 Å². The van der Waals surface area contributed by atoms with E-state index in [-0.39, 0.29) is 18.4 Å². The van der Waals surface area contributed by atoms with Gasteiger partial charge in [-0.3, -0.25) is 9.59 Å². The summed E-state index contributed by atoms with van der Waals surface area (Å²) in [6.45, 7) is 4.79. The molecule has 2 amide bonds. The predicted molar refractivity (Wildman–Crippen MR) is 104 cm³/mol. The highest BCUT2D eigenvalue weighted by Crippen LogP contribution is 2.42. The molecule has 6 heteroatoms. The van der Waals surface area contributed by atoms with Gasteiger partial charge in [0.2, 0.25) is 11.8 Å². The van der Waals surface area contributed by atoms with Crippen LogP contribution < -0.4 is 10.2 Å². The maximum absolute atomic E-state index is 12.3. The molecule has 0 bridgehead atoms. The fraction of sp³-hybridized carbons (Fsp3) is 0.368. The number of hydrogen-bond donors (Lipinski definition) is 1. The van der Waals surface area contributed by atoms with Crippen molar-refractivity contribution in [2.45, 2.75) is 37.4 Å². The minimum Gasteiger partial charge on any atom is -0.350 e. The first-order chi connectivity index (χ1) is 12.1. The Morgan fingerprint density at radius 2 is 1.88 bits per heavy atom. The number of benzene rings is 1. The van der Waals surface area contributed by atoms with Gasteiger partial charge in [-0.2, -0.15) is 0 Å². The van der Waals surface area contributed by atoms with Gasteiger partial charge in [-0.25, -0.2) is 0 Å². The molecular formula is C19H22N2O2S2. The summed E-state index contributed by atoms with van der Waals surface area (Å²) in [5, 5.41) is 2.92. The number of aryl methyl sites for hydroxylation is 2. The van der Waals surface area contributed by atoms with E-state index in [1.807, 2.05) is 18.2 Å². The average Bonchev–Trinajstić information content (AvgIpc) is 3.06. The van der Waals surface area contributed by atoms with Gasteiger partial charge in [-0.1, -0.05) is 38.1 Å². The van der Waals surface area contributed by atoms with E-state index < -0.39 is 0 Å². The molecule has 0 aliphatic carbocycles. The van der Waals surface area contributed by atoms with E-state index in [1.54, 1.807) is 28.0 Å². The number of nitrogens with one attached hydrogen (secondary N) is 1. The summed E-state index contributed by atoms with van der Waals surface area (Å²) in [7, 11) is 0. The second-order valence-electron chi connectivity index (χ2n) is 5.95. The molecule has 25 heavy (non-hydrogen) atoms. The highest BCUT2D eigenvalue weighted by atomic mass is 32.2. The fourth-order valence-corrected chi connectivity index (χ4v) is 4.97. The molecule has 0 spiro atoms. The first kappa shape index (κ1) is 18.0. The van der Waals surface area contributed by atoms with Crippen molar-refractivity contribution in [3.8, 4) is 0 Å². The van der Waals surface area contributed by atoms with Gasteiger partial charge in [0.1, 0.15) is 6.54 Å². The Morgan fingerprint density at radius 3 is 2.56 bits per heavy atom. The van der Waals surface area contributed by atoms with Gasteiger partial charge in [0.25, 0.3) is 0 Å². The molecule has 1 aliphatic rings. The van der Waals surface area contributed by atoms with Crippen molar-refractivity contribution in [3.05, 3.63) is 46.3 Å². The number of hydrogen-bond acceptors (Lipinski definition) is 4. The number of amides is 2. The molecule has 1 N–H and O–H groups in total. The van der Waals surface area contributed by atoms with Crippen LogP contribution in [0.2, 0.25) is 0 Å². The van der Waals surface area contributed by atoms with E-state index in [0.29, 0.717) is 12.3 Å². The molecule has 1 aromatic carbocycles. The Hall–Kier alpha value is -1.79. The normalized spacial score (nSPS) is 13.7. The van der Waals surface area contributed by atoms with Crippen LogP contribution in [0.4, 0.5) is 5.69 Å². The molecular weight excluding hydrogens is 352 g/mol. The molecule has 1 aromatic heterocycles. The third-order valence-corrected chi connectivity index (χ3v) is 6.75. The molecule has 4 nitrogen and oxygen atoms in total. The zero-order chi connectivity index (χ0) is 17.8. The lowest BCUT2D eigenvalue weighted by Gasteiger charge is -2.25. The molecule has 0 radical (unpaired) electrons. The number of nitrogens with zero attached hydrogens (tertiary/aromatic N) is 1. The molecule has 0 fully saturated rings. The van der Waals surface area contributed by atoms with Crippen LogP contribution in [0.15, 0.2) is 34.5 Å². The Kier molecular flexibility index (Phi) is 5.81. The van der Waals surface area contributed by atoms with E-state index in [9.17, 15) is 9.59 Å². The van der Waals surface area contributed by atoms with E-state index >= 15 is 0 Å². The quantitative estimate of drug-likeness (QED) is 0.840. The summed E-state index contributed by atoms with van der Waals surface area (Å²) < 4.78 is 1.14. The van der Waals surface area contributed by atoms with Crippen molar-refractivity contribution >= 4 is 40.6 Å². The number of thiophene rings is 1. The van der Waals surface area contributed by atoms with Gasteiger partial charge in [0.05, 0.1) is 15.6 Å². The minimum absolute atomic E-state index is 0.000372. The van der Waals surface area contributed by atoms with Gasteiger partial charge in [0.15, 0.2) is 0 Å². The maximum Gasteiger partial charge on any atom is 0.240 e. The van der Waals surface area contributed by atoms with E-state index in [2.05, 4.69) is 31.3 Å². The minimum atomic E-state index is -0.130. The van der Waals surface area contributed by atoms with Crippen LogP contribution >= 0.6 is 23.1 Å². The fourth-order valence-electron chi connectivity index (χ4n) is 2.68. The topological polar surface area (TPSA) is 49.4 Å². The first-order valence-corrected chi connectivity index (χ1v) is 10.3. The molecule has 2 heterocycles. The van der Waals surface area contributed by atoms with Gasteiger partial charge in [0, 0.05) is 11.4 Å². The summed E-state index contributed by atoms with van der Waals surface area (Å²) in [5.74, 6) is 0.276. The monoisotopic (exact) mass is 374 g/mol. The van der Waals surface area contributed by atoms with Crippen molar-refractivity contribution in [2.24, 2.45) is 0 Å². The molecule has 0 saturated carbocycles. The summed E-state index contributed by atoms with van der Waals surface area (Å²) in [4.78, 5) is 27.5. The summed E-state index contributed by atoms with van der Waals surface area (Å²) >= 11 is 3.29. The van der Waals surface area contributed by atoms with Crippen LogP contribution in [0, 0.1) is 0 Å². The number of fused-ring (bicyclic) bond motifs is 1. The number of carbonyl (C=O) groups is 2. The van der Waals surface area contributed by atoms with Crippen LogP contribution in [0.5, 0.6) is 0 Å². The number of thioether (sulfide) groups is 1. The SMILES string of the molecule is CCc1ccc(CNC(=O)CN2C(=O)CSc3sc(CC)cc32)cc1. The molecule has 1 aliphatic heterocycles. The van der Waals surface area contributed by atoms with Crippen molar-refractivity contribution in [1.82, 2.24) is 5.32 Å². The zero-order valence-electron chi connectivity index (χ0n) is 14.5. The standard InChI is InChI=1S/C19H22N2O2S2/c1-3-13-5-7-14(8-6-13)10-20-17(22)11-21-16-9-15(4-2)25-19(16)24-12-18(21)23/h5-9H,3-4,10-12H2,1-2H3,(H,20,22). The third-order valence-electron chi connectivity index (χ3n) is 4.22. The van der Waals surface area contributed by atoms with E-state index in [1.165, 1.54) is 10.4 Å². The average molecular weight is 375 g/mol. The smallest absolute Gasteiger partial charge is 0.240 e. The Balaban J connectivity index is 1.62. The van der Waals surface area contributed by atoms with Crippen LogP contribution in [0.25, 0.3) is 0 Å². The lowest BCUT2D eigenvalue weighted by molar-refractivity contribution is -0.123. The zero-order valence-corrected chi connectivity index (χ0v) is 16.1. The Labute approximate surface area is 156 Å². The van der Waals surface area contributed by atoms with Crippen molar-refractivity contribution in [2.75, 3.05) is 17.2 Å². The third kappa shape index (κ3) is 4.25. The van der Waals surface area contributed by atoms with E-state index in [4.69, 9.17) is 0 Å². The summed E-state index contributed by atoms with van der Waals surface area (Å²) in [6.07, 6.45) is 1.95. The Bertz CT molecular complexity index is 768. The van der Waals surface area contributed by atoms with Crippen molar-refractivity contribution in [1.29, 1.82) is 0 Å². The molecule has 132 valence electrons. The summed E-state index contributed by atoms with van der Waals surface area (Å²) in [6, 6.07) is 10.3.